The molecule has 0 radical (unpaired) electrons. The number of aryl methyl sites for hydroxylation is 1. The number of rotatable bonds is 2. The Kier molecular flexibility index (Phi) is 3.62. The van der Waals surface area contributed by atoms with Crippen LogP contribution in [0.3, 0.4) is 0 Å². The molecule has 1 saturated heterocycles. The summed E-state index contributed by atoms with van der Waals surface area (Å²) in [4.78, 5) is 13.8. The molecule has 2 N–H and O–H groups in total. The second kappa shape index (κ2) is 5.57. The summed E-state index contributed by atoms with van der Waals surface area (Å²) in [7, 11) is 0. The molecular weight excluding hydrogens is 268 g/mol. The fourth-order valence-corrected chi connectivity index (χ4v) is 2.43. The molecule has 2 aromatic rings. The van der Waals surface area contributed by atoms with Gasteiger partial charge in [-0.25, -0.2) is 9.48 Å². The third-order valence-corrected chi connectivity index (χ3v) is 3.68. The second-order valence-corrected chi connectivity index (χ2v) is 5.27. The van der Waals surface area contributed by atoms with Crippen LogP contribution in [0, 0.1) is 6.92 Å². The average Bonchev–Trinajstić information content (AvgIpc) is 3.12. The minimum Gasteiger partial charge on any atom is -0.391 e. The van der Waals surface area contributed by atoms with Crippen molar-refractivity contribution in [3.8, 4) is 5.69 Å². The number of aliphatic hydroxyl groups is 1. The number of urea groups is 1. The summed E-state index contributed by atoms with van der Waals surface area (Å²) in [6.45, 7) is 2.93. The molecular formula is C15H18N4O2. The number of hydrogen-bond donors (Lipinski definition) is 2. The molecule has 1 aliphatic heterocycles. The Balaban J connectivity index is 1.78. The number of β-amino-alcohol motifs (C(OH)–C–C–N with tert-alkyl or cyclic N) is 1. The minimum absolute atomic E-state index is 0.174. The van der Waals surface area contributed by atoms with Gasteiger partial charge in [-0.1, -0.05) is 6.07 Å². The van der Waals surface area contributed by atoms with Crippen molar-refractivity contribution in [3.63, 3.8) is 0 Å². The molecule has 1 aromatic heterocycles. The molecule has 2 amide bonds. The molecule has 21 heavy (non-hydrogen) atoms. The number of amides is 2. The molecule has 3 rings (SSSR count). The zero-order valence-corrected chi connectivity index (χ0v) is 11.9. The van der Waals surface area contributed by atoms with Gasteiger partial charge in [-0.2, -0.15) is 5.10 Å². The molecule has 6 nitrogen and oxygen atoms in total. The predicted molar refractivity (Wildman–Crippen MR) is 79.5 cm³/mol. The van der Waals surface area contributed by atoms with E-state index >= 15 is 0 Å². The van der Waals surface area contributed by atoms with Crippen LogP contribution in [0.4, 0.5) is 10.5 Å². The van der Waals surface area contributed by atoms with Gasteiger partial charge >= 0.3 is 6.03 Å². The third-order valence-electron chi connectivity index (χ3n) is 3.68. The van der Waals surface area contributed by atoms with E-state index in [-0.39, 0.29) is 6.03 Å². The van der Waals surface area contributed by atoms with Crippen molar-refractivity contribution in [1.29, 1.82) is 0 Å². The highest BCUT2D eigenvalue weighted by molar-refractivity contribution is 5.90. The predicted octanol–water partition coefficient (Wildman–Crippen LogP) is 1.78. The van der Waals surface area contributed by atoms with Crippen LogP contribution in [0.2, 0.25) is 0 Å². The van der Waals surface area contributed by atoms with Crippen LogP contribution in [0.5, 0.6) is 0 Å². The third kappa shape index (κ3) is 2.90. The van der Waals surface area contributed by atoms with Gasteiger partial charge in [0.05, 0.1) is 11.8 Å². The highest BCUT2D eigenvalue weighted by atomic mass is 16.3. The van der Waals surface area contributed by atoms with Crippen LogP contribution in [-0.4, -0.2) is 45.0 Å². The first-order valence-electron chi connectivity index (χ1n) is 6.98. The number of benzene rings is 1. The Morgan fingerprint density at radius 2 is 2.33 bits per heavy atom. The van der Waals surface area contributed by atoms with Crippen molar-refractivity contribution in [3.05, 3.63) is 42.2 Å². The quantitative estimate of drug-likeness (QED) is 0.884. The van der Waals surface area contributed by atoms with Gasteiger partial charge in [-0.15, -0.1) is 0 Å². The van der Waals surface area contributed by atoms with Gasteiger partial charge < -0.3 is 15.3 Å². The highest BCUT2D eigenvalue weighted by Crippen LogP contribution is 2.20. The number of carbonyl (C=O) groups excluding carboxylic acids is 1. The van der Waals surface area contributed by atoms with Crippen molar-refractivity contribution < 1.29 is 9.90 Å². The molecule has 0 aliphatic carbocycles. The van der Waals surface area contributed by atoms with E-state index in [9.17, 15) is 9.90 Å². The monoisotopic (exact) mass is 286 g/mol. The Bertz CT molecular complexity index is 639. The molecule has 1 fully saturated rings. The lowest BCUT2D eigenvalue weighted by Crippen LogP contribution is -2.33. The SMILES string of the molecule is Cc1ccc(-n2cccn2)cc1NC(=O)N1CC[C@H](O)C1. The lowest BCUT2D eigenvalue weighted by atomic mass is 10.2. The van der Waals surface area contributed by atoms with Gasteiger partial charge in [0.15, 0.2) is 0 Å². The first-order chi connectivity index (χ1) is 10.1. The van der Waals surface area contributed by atoms with E-state index in [0.29, 0.717) is 19.5 Å². The largest absolute Gasteiger partial charge is 0.391 e. The van der Waals surface area contributed by atoms with Crippen molar-refractivity contribution in [2.24, 2.45) is 0 Å². The maximum atomic E-state index is 12.2. The van der Waals surface area contributed by atoms with Crippen LogP contribution in [0.15, 0.2) is 36.7 Å². The molecule has 6 heteroatoms. The number of carbonyl (C=O) groups is 1. The Morgan fingerprint density at radius 1 is 1.48 bits per heavy atom. The van der Waals surface area contributed by atoms with E-state index in [4.69, 9.17) is 0 Å². The van der Waals surface area contributed by atoms with Gasteiger partial charge in [-0.05, 0) is 37.1 Å². The van der Waals surface area contributed by atoms with Crippen LogP contribution in [0.1, 0.15) is 12.0 Å². The normalized spacial score (nSPS) is 18.0. The van der Waals surface area contributed by atoms with Gasteiger partial charge in [0.25, 0.3) is 0 Å². The highest BCUT2D eigenvalue weighted by Gasteiger charge is 2.24. The smallest absolute Gasteiger partial charge is 0.321 e. The number of nitrogens with zero attached hydrogens (tertiary/aromatic N) is 3. The lowest BCUT2D eigenvalue weighted by molar-refractivity contribution is 0.176. The first kappa shape index (κ1) is 13.6. The van der Waals surface area contributed by atoms with Crippen molar-refractivity contribution in [2.75, 3.05) is 18.4 Å². The van der Waals surface area contributed by atoms with Gasteiger partial charge in [-0.3, -0.25) is 0 Å². The van der Waals surface area contributed by atoms with E-state index in [1.54, 1.807) is 15.8 Å². The standard InChI is InChI=1S/C15H18N4O2/c1-11-3-4-12(19-7-2-6-16-19)9-14(11)17-15(21)18-8-5-13(20)10-18/h2-4,6-7,9,13,20H,5,8,10H2,1H3,(H,17,21)/t13-/m0/s1. The number of likely N-dealkylation sites (tertiary alicyclic amines) is 1. The van der Waals surface area contributed by atoms with Crippen molar-refractivity contribution in [1.82, 2.24) is 14.7 Å². The summed E-state index contributed by atoms with van der Waals surface area (Å²) >= 11 is 0. The van der Waals surface area contributed by atoms with E-state index in [0.717, 1.165) is 16.9 Å². The summed E-state index contributed by atoms with van der Waals surface area (Å²) < 4.78 is 1.74. The summed E-state index contributed by atoms with van der Waals surface area (Å²) in [6, 6.07) is 7.48. The van der Waals surface area contributed by atoms with Crippen LogP contribution in [-0.2, 0) is 0 Å². The molecule has 0 unspecified atom stereocenters. The van der Waals surface area contributed by atoms with E-state index in [2.05, 4.69) is 10.4 Å². The topological polar surface area (TPSA) is 70.4 Å². The summed E-state index contributed by atoms with van der Waals surface area (Å²) in [5, 5.41) is 16.6. The van der Waals surface area contributed by atoms with E-state index in [1.807, 2.05) is 37.4 Å². The maximum Gasteiger partial charge on any atom is 0.321 e. The molecule has 1 aliphatic rings. The molecule has 0 spiro atoms. The molecule has 0 bridgehead atoms. The van der Waals surface area contributed by atoms with Crippen LogP contribution >= 0.6 is 0 Å². The fourth-order valence-electron chi connectivity index (χ4n) is 2.43. The first-order valence-corrected chi connectivity index (χ1v) is 6.98. The van der Waals surface area contributed by atoms with Gasteiger partial charge in [0.2, 0.25) is 0 Å². The molecule has 2 heterocycles. The minimum atomic E-state index is -0.410. The Labute approximate surface area is 123 Å². The zero-order valence-electron chi connectivity index (χ0n) is 11.9. The van der Waals surface area contributed by atoms with Gasteiger partial charge in [0, 0.05) is 31.2 Å². The van der Waals surface area contributed by atoms with E-state index < -0.39 is 6.10 Å². The summed E-state index contributed by atoms with van der Waals surface area (Å²) in [5.41, 5.74) is 2.63. The molecule has 1 aromatic carbocycles. The average molecular weight is 286 g/mol. The van der Waals surface area contributed by atoms with Gasteiger partial charge in [0.1, 0.15) is 0 Å². The Morgan fingerprint density at radius 3 is 3.00 bits per heavy atom. The summed E-state index contributed by atoms with van der Waals surface area (Å²) in [6.07, 6.45) is 3.79. The van der Waals surface area contributed by atoms with E-state index in [1.165, 1.54) is 0 Å². The fraction of sp³-hybridized carbons (Fsp3) is 0.333. The number of aliphatic hydroxyl groups excluding tert-OH is 1. The molecule has 1 atom stereocenters. The zero-order chi connectivity index (χ0) is 14.8. The molecule has 0 saturated carbocycles. The molecule has 110 valence electrons. The van der Waals surface area contributed by atoms with Crippen molar-refractivity contribution in [2.45, 2.75) is 19.4 Å². The van der Waals surface area contributed by atoms with Crippen molar-refractivity contribution >= 4 is 11.7 Å². The van der Waals surface area contributed by atoms with Crippen LogP contribution in [0.25, 0.3) is 5.69 Å². The lowest BCUT2D eigenvalue weighted by Gasteiger charge is -2.18. The number of anilines is 1. The number of aromatic nitrogens is 2. The summed E-state index contributed by atoms with van der Waals surface area (Å²) in [5.74, 6) is 0. The maximum absolute atomic E-state index is 12.2. The second-order valence-electron chi connectivity index (χ2n) is 5.27. The van der Waals surface area contributed by atoms with Crippen LogP contribution < -0.4 is 5.32 Å². The number of nitrogens with one attached hydrogen (secondary N) is 1. The number of hydrogen-bond acceptors (Lipinski definition) is 3. The Hall–Kier alpha value is -2.34.